The number of halogens is 2. The minimum Gasteiger partial charge on any atom is -0.248 e. The monoisotopic (exact) mass is 122 g/mol. The highest BCUT2D eigenvalue weighted by Gasteiger charge is 1.65. The van der Waals surface area contributed by atoms with Gasteiger partial charge in [-0.05, 0) is 0 Å². The lowest BCUT2D eigenvalue weighted by atomic mass is 10.9. The van der Waals surface area contributed by atoms with E-state index in [1.54, 1.807) is 0 Å². The molecule has 0 aromatic carbocycles. The van der Waals surface area contributed by atoms with Crippen LogP contribution in [0.2, 0.25) is 0 Å². The summed E-state index contributed by atoms with van der Waals surface area (Å²) in [5.74, 6) is 0. The quantitative estimate of drug-likeness (QED) is 0.469. The third-order valence-corrected chi connectivity index (χ3v) is 0.0714. The van der Waals surface area contributed by atoms with Crippen LogP contribution in [-0.2, 0) is 0 Å². The number of rotatable bonds is 1. The van der Waals surface area contributed by atoms with Gasteiger partial charge in [-0.15, -0.1) is 26.3 Å². The Morgan fingerprint density at radius 3 is 0.875 bits per heavy atom. The second-order valence-corrected chi connectivity index (χ2v) is 0.378. The zero-order chi connectivity index (χ0) is 7.41. The Morgan fingerprint density at radius 2 is 0.875 bits per heavy atom. The molecule has 8 heavy (non-hydrogen) atoms. The molecular formula is C6H12F2. The van der Waals surface area contributed by atoms with E-state index in [0.717, 1.165) is 0 Å². The summed E-state index contributed by atoms with van der Waals surface area (Å²) in [7, 11) is 0. The van der Waals surface area contributed by atoms with Gasteiger partial charge in [0.15, 0.2) is 0 Å². The summed E-state index contributed by atoms with van der Waals surface area (Å²) in [4.78, 5) is 0. The van der Waals surface area contributed by atoms with Gasteiger partial charge >= 0.3 is 0 Å². The van der Waals surface area contributed by atoms with E-state index in [0.29, 0.717) is 0 Å². The maximum atomic E-state index is 10.3. The van der Waals surface area contributed by atoms with E-state index >= 15 is 0 Å². The van der Waals surface area contributed by atoms with Gasteiger partial charge in [0.25, 0.3) is 0 Å². The highest BCUT2D eigenvalue weighted by molar-refractivity contribution is 4.22. The van der Waals surface area contributed by atoms with Crippen LogP contribution in [0.15, 0.2) is 26.3 Å². The van der Waals surface area contributed by atoms with Crippen LogP contribution in [0.3, 0.4) is 0 Å². The molecule has 0 heterocycles. The molecule has 0 unspecified atom stereocenters. The van der Waals surface area contributed by atoms with Gasteiger partial charge in [-0.2, -0.15) is 0 Å². The standard InChI is InChI=1S/C2H4F2.2C2H4/c3-1-2-4;2*1-2/h1-2H2;2*1-2H2. The Bertz CT molecular complexity index is 18.5. The largest absolute Gasteiger partial charge is 0.248 e. The SMILES string of the molecule is C=C.C=C.FCCF. The Labute approximate surface area is 49.5 Å². The predicted molar refractivity (Wildman–Crippen MR) is 34.5 cm³/mol. The molecule has 0 aromatic rings. The molecule has 0 aliphatic carbocycles. The third kappa shape index (κ3) is 870. The Hall–Kier alpha value is -0.660. The molecule has 0 N–H and O–H groups in total. The van der Waals surface area contributed by atoms with E-state index in [9.17, 15) is 8.78 Å². The fourth-order valence-electron chi connectivity index (χ4n) is 0. The molecule has 0 aliphatic rings. The molecule has 0 saturated carbocycles. The van der Waals surface area contributed by atoms with Crippen molar-refractivity contribution in [2.45, 2.75) is 0 Å². The van der Waals surface area contributed by atoms with Gasteiger partial charge in [0.05, 0.1) is 0 Å². The average Bonchev–Trinajstić information content (AvgIpc) is 1.96. The Kier molecular flexibility index (Phi) is 197. The summed E-state index contributed by atoms with van der Waals surface area (Å²) in [6.07, 6.45) is 0. The van der Waals surface area contributed by atoms with E-state index in [1.165, 1.54) is 0 Å². The highest BCUT2D eigenvalue weighted by Crippen LogP contribution is 1.63. The van der Waals surface area contributed by atoms with Crippen LogP contribution in [-0.4, -0.2) is 13.3 Å². The molecule has 0 aliphatic heterocycles. The summed E-state index contributed by atoms with van der Waals surface area (Å²) in [6, 6.07) is 0. The molecule has 0 amide bonds. The summed E-state index contributed by atoms with van der Waals surface area (Å²) in [6.45, 7) is 10.3. The molecular weight excluding hydrogens is 110 g/mol. The van der Waals surface area contributed by atoms with Crippen LogP contribution in [0, 0.1) is 0 Å². The molecule has 0 nitrogen and oxygen atoms in total. The normalized spacial score (nSPS) is 4.75. The Morgan fingerprint density at radius 1 is 0.750 bits per heavy atom. The second-order valence-electron chi connectivity index (χ2n) is 0.378. The van der Waals surface area contributed by atoms with Gasteiger partial charge in [-0.3, -0.25) is 0 Å². The summed E-state index contributed by atoms with van der Waals surface area (Å²) < 4.78 is 20.7. The molecule has 50 valence electrons. The van der Waals surface area contributed by atoms with Gasteiger partial charge in [-0.25, -0.2) is 8.78 Å². The van der Waals surface area contributed by atoms with Crippen molar-refractivity contribution < 1.29 is 8.78 Å². The van der Waals surface area contributed by atoms with Crippen molar-refractivity contribution in [2.75, 3.05) is 13.3 Å². The minimum atomic E-state index is -0.847. The van der Waals surface area contributed by atoms with Crippen molar-refractivity contribution in [3.8, 4) is 0 Å². The lowest BCUT2D eigenvalue weighted by Gasteiger charge is -1.61. The van der Waals surface area contributed by atoms with Crippen molar-refractivity contribution in [1.29, 1.82) is 0 Å². The molecule has 0 atom stereocenters. The number of alkyl halides is 2. The van der Waals surface area contributed by atoms with Gasteiger partial charge in [0.2, 0.25) is 0 Å². The van der Waals surface area contributed by atoms with Crippen LogP contribution < -0.4 is 0 Å². The highest BCUT2D eigenvalue weighted by atomic mass is 19.2. The van der Waals surface area contributed by atoms with E-state index in [4.69, 9.17) is 0 Å². The second kappa shape index (κ2) is 101. The molecule has 0 bridgehead atoms. The van der Waals surface area contributed by atoms with Crippen molar-refractivity contribution in [3.05, 3.63) is 26.3 Å². The lowest BCUT2D eigenvalue weighted by Crippen LogP contribution is -1.68. The van der Waals surface area contributed by atoms with Crippen LogP contribution in [0.1, 0.15) is 0 Å². The van der Waals surface area contributed by atoms with E-state index in [1.807, 2.05) is 0 Å². The number of hydrogen-bond donors (Lipinski definition) is 0. The zero-order valence-corrected chi connectivity index (χ0v) is 5.00. The van der Waals surface area contributed by atoms with Crippen molar-refractivity contribution in [2.24, 2.45) is 0 Å². The molecule has 0 saturated heterocycles. The first kappa shape index (κ1) is 15.7. The minimum absolute atomic E-state index is 0.847. The molecule has 0 aromatic heterocycles. The third-order valence-electron chi connectivity index (χ3n) is 0.0714. The average molecular weight is 122 g/mol. The summed E-state index contributed by atoms with van der Waals surface area (Å²) in [5.41, 5.74) is 0. The molecule has 0 rings (SSSR count). The van der Waals surface area contributed by atoms with Crippen molar-refractivity contribution in [3.63, 3.8) is 0 Å². The first-order valence-corrected chi connectivity index (χ1v) is 2.03. The first-order chi connectivity index (χ1) is 3.91. The number of hydrogen-bond acceptors (Lipinski definition) is 0. The van der Waals surface area contributed by atoms with E-state index < -0.39 is 13.3 Å². The van der Waals surface area contributed by atoms with Crippen LogP contribution >= 0.6 is 0 Å². The van der Waals surface area contributed by atoms with Gasteiger partial charge in [-0.1, -0.05) is 0 Å². The molecule has 0 radical (unpaired) electrons. The maximum Gasteiger partial charge on any atom is 0.118 e. The van der Waals surface area contributed by atoms with E-state index in [2.05, 4.69) is 26.3 Å². The fourth-order valence-corrected chi connectivity index (χ4v) is 0. The molecule has 0 fully saturated rings. The van der Waals surface area contributed by atoms with Crippen molar-refractivity contribution in [1.82, 2.24) is 0 Å². The predicted octanol–water partition coefficient (Wildman–Crippen LogP) is 2.53. The van der Waals surface area contributed by atoms with Gasteiger partial charge in [0, 0.05) is 0 Å². The van der Waals surface area contributed by atoms with Gasteiger partial charge < -0.3 is 0 Å². The Balaban J connectivity index is -0.0000000542. The van der Waals surface area contributed by atoms with Crippen LogP contribution in [0.4, 0.5) is 8.78 Å². The van der Waals surface area contributed by atoms with Crippen LogP contribution in [0.25, 0.3) is 0 Å². The topological polar surface area (TPSA) is 0 Å². The molecule has 0 spiro atoms. The van der Waals surface area contributed by atoms with Gasteiger partial charge in [0.1, 0.15) is 13.3 Å². The van der Waals surface area contributed by atoms with Crippen molar-refractivity contribution >= 4 is 0 Å². The lowest BCUT2D eigenvalue weighted by molar-refractivity contribution is 0.380. The maximum absolute atomic E-state index is 10.3. The first-order valence-electron chi connectivity index (χ1n) is 2.03. The smallest absolute Gasteiger partial charge is 0.118 e. The fraction of sp³-hybridized carbons (Fsp3) is 0.333. The summed E-state index contributed by atoms with van der Waals surface area (Å²) >= 11 is 0. The zero-order valence-electron chi connectivity index (χ0n) is 5.00. The van der Waals surface area contributed by atoms with E-state index in [-0.39, 0.29) is 0 Å². The van der Waals surface area contributed by atoms with Crippen LogP contribution in [0.5, 0.6) is 0 Å². The molecule has 2 heteroatoms. The summed E-state index contributed by atoms with van der Waals surface area (Å²) in [5, 5.41) is 0.